The third-order valence-electron chi connectivity index (χ3n) is 5.19. The molecule has 0 aliphatic heterocycles. The SMILES string of the molecule is CC(=O)N(NCc1ccccc1Cl)[C@H](CON(C=O)c1cc2ccccc2cn1)CC(C)C. The molecule has 0 aliphatic rings. The molecule has 7 nitrogen and oxygen atoms in total. The van der Waals surface area contributed by atoms with E-state index in [0.717, 1.165) is 21.4 Å². The van der Waals surface area contributed by atoms with Crippen LogP contribution in [0.1, 0.15) is 32.8 Å². The van der Waals surface area contributed by atoms with Crippen molar-refractivity contribution in [2.75, 3.05) is 11.7 Å². The Morgan fingerprint density at radius 3 is 2.52 bits per heavy atom. The Kier molecular flexibility index (Phi) is 8.77. The summed E-state index contributed by atoms with van der Waals surface area (Å²) in [5.41, 5.74) is 4.06. The average Bonchev–Trinajstić information content (AvgIpc) is 2.79. The van der Waals surface area contributed by atoms with Crippen LogP contribution in [0.4, 0.5) is 5.82 Å². The number of aromatic nitrogens is 1. The molecule has 1 atom stereocenters. The number of fused-ring (bicyclic) bond motifs is 1. The highest BCUT2D eigenvalue weighted by molar-refractivity contribution is 6.31. The lowest BCUT2D eigenvalue weighted by Crippen LogP contribution is -2.51. The van der Waals surface area contributed by atoms with E-state index in [9.17, 15) is 9.59 Å². The molecular formula is C25H29ClN4O3. The van der Waals surface area contributed by atoms with E-state index in [2.05, 4.69) is 24.3 Å². The summed E-state index contributed by atoms with van der Waals surface area (Å²) < 4.78 is 0. The molecule has 0 bridgehead atoms. The van der Waals surface area contributed by atoms with Gasteiger partial charge in [0, 0.05) is 30.1 Å². The molecule has 0 fully saturated rings. The summed E-state index contributed by atoms with van der Waals surface area (Å²) in [4.78, 5) is 34.4. The van der Waals surface area contributed by atoms with Crippen LogP contribution in [-0.2, 0) is 21.0 Å². The van der Waals surface area contributed by atoms with Crippen molar-refractivity contribution in [3.8, 4) is 0 Å². The predicted octanol–water partition coefficient (Wildman–Crippen LogP) is 4.75. The third kappa shape index (κ3) is 6.74. The monoisotopic (exact) mass is 468 g/mol. The molecule has 3 aromatic rings. The molecule has 0 spiro atoms. The van der Waals surface area contributed by atoms with Crippen molar-refractivity contribution in [2.24, 2.45) is 5.92 Å². The van der Waals surface area contributed by atoms with Crippen LogP contribution in [0.2, 0.25) is 5.02 Å². The fraction of sp³-hybridized carbons (Fsp3) is 0.320. The number of benzene rings is 2. The van der Waals surface area contributed by atoms with Crippen LogP contribution in [-0.4, -0.2) is 35.0 Å². The van der Waals surface area contributed by atoms with Crippen LogP contribution in [0.5, 0.6) is 0 Å². The Labute approximate surface area is 199 Å². The highest BCUT2D eigenvalue weighted by atomic mass is 35.5. The number of nitrogens with one attached hydrogen (secondary N) is 1. The van der Waals surface area contributed by atoms with E-state index in [1.807, 2.05) is 48.5 Å². The lowest BCUT2D eigenvalue weighted by molar-refractivity contribution is -0.138. The second kappa shape index (κ2) is 11.7. The van der Waals surface area contributed by atoms with Gasteiger partial charge in [-0.2, -0.15) is 5.06 Å². The maximum Gasteiger partial charge on any atom is 0.239 e. The normalized spacial score (nSPS) is 12.0. The number of amides is 2. The van der Waals surface area contributed by atoms with E-state index in [0.29, 0.717) is 36.1 Å². The van der Waals surface area contributed by atoms with Gasteiger partial charge >= 0.3 is 0 Å². The van der Waals surface area contributed by atoms with Gasteiger partial charge in [0.25, 0.3) is 0 Å². The fourth-order valence-corrected chi connectivity index (χ4v) is 3.81. The van der Waals surface area contributed by atoms with Gasteiger partial charge in [-0.05, 0) is 35.4 Å². The van der Waals surface area contributed by atoms with Gasteiger partial charge < -0.3 is 0 Å². The van der Waals surface area contributed by atoms with E-state index in [4.69, 9.17) is 16.4 Å². The predicted molar refractivity (Wildman–Crippen MR) is 130 cm³/mol. The lowest BCUT2D eigenvalue weighted by Gasteiger charge is -2.33. The quantitative estimate of drug-likeness (QED) is 0.324. The summed E-state index contributed by atoms with van der Waals surface area (Å²) in [5, 5.41) is 5.20. The molecular weight excluding hydrogens is 440 g/mol. The molecule has 1 N–H and O–H groups in total. The molecule has 0 unspecified atom stereocenters. The number of pyridine rings is 1. The van der Waals surface area contributed by atoms with Crippen molar-refractivity contribution in [2.45, 2.75) is 39.8 Å². The summed E-state index contributed by atoms with van der Waals surface area (Å²) >= 11 is 6.26. The Hall–Kier alpha value is -3.00. The van der Waals surface area contributed by atoms with Crippen LogP contribution in [0.3, 0.4) is 0 Å². The van der Waals surface area contributed by atoms with Crippen molar-refractivity contribution in [1.82, 2.24) is 15.4 Å². The summed E-state index contributed by atoms with van der Waals surface area (Å²) in [6.45, 7) is 6.14. The summed E-state index contributed by atoms with van der Waals surface area (Å²) in [7, 11) is 0. The Morgan fingerprint density at radius 2 is 1.85 bits per heavy atom. The van der Waals surface area contributed by atoms with Gasteiger partial charge in [0.2, 0.25) is 12.3 Å². The Balaban J connectivity index is 1.74. The molecule has 0 saturated heterocycles. The number of hydrogen-bond acceptors (Lipinski definition) is 5. The van der Waals surface area contributed by atoms with E-state index >= 15 is 0 Å². The van der Waals surface area contributed by atoms with E-state index < -0.39 is 0 Å². The molecule has 8 heteroatoms. The van der Waals surface area contributed by atoms with Crippen molar-refractivity contribution < 1.29 is 14.4 Å². The van der Waals surface area contributed by atoms with Crippen LogP contribution in [0.15, 0.2) is 60.8 Å². The largest absolute Gasteiger partial charge is 0.276 e. The van der Waals surface area contributed by atoms with Gasteiger partial charge in [0.15, 0.2) is 5.82 Å². The molecule has 0 saturated carbocycles. The highest BCUT2D eigenvalue weighted by Crippen LogP contribution is 2.20. The molecule has 3 rings (SSSR count). The fourth-order valence-electron chi connectivity index (χ4n) is 3.61. The van der Waals surface area contributed by atoms with Crippen LogP contribution < -0.4 is 10.5 Å². The van der Waals surface area contributed by atoms with E-state index in [1.54, 1.807) is 17.3 Å². The first-order valence-electron chi connectivity index (χ1n) is 10.9. The number of hydroxylamine groups is 1. The number of anilines is 1. The van der Waals surface area contributed by atoms with Crippen LogP contribution in [0.25, 0.3) is 10.8 Å². The smallest absolute Gasteiger partial charge is 0.239 e. The summed E-state index contributed by atoms with van der Waals surface area (Å²) in [6, 6.07) is 16.7. The maximum atomic E-state index is 12.5. The first-order valence-corrected chi connectivity index (χ1v) is 11.3. The number of carbonyl (C=O) groups is 2. The molecule has 174 valence electrons. The molecule has 2 amide bonds. The second-order valence-corrected chi connectivity index (χ2v) is 8.62. The first kappa shape index (κ1) is 24.6. The van der Waals surface area contributed by atoms with E-state index in [1.165, 1.54) is 6.92 Å². The van der Waals surface area contributed by atoms with Crippen LogP contribution in [0, 0.1) is 5.92 Å². The molecule has 33 heavy (non-hydrogen) atoms. The van der Waals surface area contributed by atoms with Crippen molar-refractivity contribution in [3.63, 3.8) is 0 Å². The molecule has 1 aromatic heterocycles. The lowest BCUT2D eigenvalue weighted by atomic mass is 10.0. The number of carbonyl (C=O) groups excluding carboxylic acids is 2. The minimum absolute atomic E-state index is 0.112. The molecule has 2 aromatic carbocycles. The number of hydrogen-bond donors (Lipinski definition) is 1. The van der Waals surface area contributed by atoms with Crippen LogP contribution >= 0.6 is 11.6 Å². The van der Waals surface area contributed by atoms with Gasteiger partial charge in [-0.1, -0.05) is 67.9 Å². The van der Waals surface area contributed by atoms with Gasteiger partial charge in [-0.15, -0.1) is 0 Å². The van der Waals surface area contributed by atoms with Gasteiger partial charge in [0.1, 0.15) is 0 Å². The summed E-state index contributed by atoms with van der Waals surface area (Å²) in [6.07, 6.45) is 2.95. The number of rotatable bonds is 11. The third-order valence-corrected chi connectivity index (χ3v) is 5.56. The Morgan fingerprint density at radius 1 is 1.15 bits per heavy atom. The zero-order valence-corrected chi connectivity index (χ0v) is 19.8. The van der Waals surface area contributed by atoms with Crippen molar-refractivity contribution in [1.29, 1.82) is 0 Å². The Bertz CT molecular complexity index is 1090. The van der Waals surface area contributed by atoms with Gasteiger partial charge in [-0.3, -0.25) is 19.4 Å². The zero-order valence-electron chi connectivity index (χ0n) is 19.1. The minimum Gasteiger partial charge on any atom is -0.276 e. The highest BCUT2D eigenvalue weighted by Gasteiger charge is 2.24. The second-order valence-electron chi connectivity index (χ2n) is 8.22. The topological polar surface area (TPSA) is 74.8 Å². The summed E-state index contributed by atoms with van der Waals surface area (Å²) in [5.74, 6) is 0.522. The number of hydrazine groups is 1. The maximum absolute atomic E-state index is 12.5. The minimum atomic E-state index is -0.312. The zero-order chi connectivity index (χ0) is 23.8. The average molecular weight is 469 g/mol. The van der Waals surface area contributed by atoms with Gasteiger partial charge in [-0.25, -0.2) is 10.4 Å². The molecule has 0 aliphatic carbocycles. The van der Waals surface area contributed by atoms with Crippen molar-refractivity contribution >= 4 is 40.5 Å². The van der Waals surface area contributed by atoms with Crippen molar-refractivity contribution in [3.05, 3.63) is 71.4 Å². The number of nitrogens with zero attached hydrogens (tertiary/aromatic N) is 3. The number of halogens is 1. The molecule has 0 radical (unpaired) electrons. The van der Waals surface area contributed by atoms with E-state index in [-0.39, 0.29) is 18.6 Å². The van der Waals surface area contributed by atoms with Gasteiger partial charge in [0.05, 0.1) is 12.6 Å². The standard InChI is InChI=1S/C25H29ClN4O3/c1-18(2)12-23(30(19(3)32)28-15-22-10-6-7-11-24(22)26)16-33-29(17-31)25-13-20-8-4-5-9-21(20)14-27-25/h4-11,13-14,17-18,23,28H,12,15-16H2,1-3H3/t23-/m0/s1. The first-order chi connectivity index (χ1) is 15.9. The molecule has 1 heterocycles.